The van der Waals surface area contributed by atoms with E-state index in [-0.39, 0.29) is 0 Å². The Morgan fingerprint density at radius 2 is 1.58 bits per heavy atom. The molecule has 2 heteroatoms. The molecule has 1 aliphatic heterocycles. The Balaban J connectivity index is 1.63. The highest BCUT2D eigenvalue weighted by molar-refractivity contribution is 4.88. The second kappa shape index (κ2) is 7.64. The lowest BCUT2D eigenvalue weighted by atomic mass is 9.68. The minimum absolute atomic E-state index is 0.731. The molecule has 2 fully saturated rings. The van der Waals surface area contributed by atoms with Crippen LogP contribution in [0.3, 0.4) is 0 Å². The van der Waals surface area contributed by atoms with Gasteiger partial charge in [0.05, 0.1) is 0 Å². The SMILES string of the molecule is CCC(CC)NCCN1CCC2(CCCCC2)CC1. The molecule has 0 atom stereocenters. The largest absolute Gasteiger partial charge is 0.313 e. The monoisotopic (exact) mass is 266 g/mol. The zero-order valence-corrected chi connectivity index (χ0v) is 13.2. The first-order valence-electron chi connectivity index (χ1n) is 8.74. The molecule has 1 saturated carbocycles. The average molecular weight is 266 g/mol. The fourth-order valence-electron chi connectivity index (χ4n) is 4.06. The zero-order chi connectivity index (χ0) is 13.6. The van der Waals surface area contributed by atoms with Gasteiger partial charge in [0.2, 0.25) is 0 Å². The van der Waals surface area contributed by atoms with E-state index in [1.165, 1.54) is 84.0 Å². The molecule has 19 heavy (non-hydrogen) atoms. The van der Waals surface area contributed by atoms with E-state index in [0.29, 0.717) is 0 Å². The van der Waals surface area contributed by atoms with Gasteiger partial charge >= 0.3 is 0 Å². The van der Waals surface area contributed by atoms with Crippen LogP contribution >= 0.6 is 0 Å². The maximum absolute atomic E-state index is 3.70. The number of hydrogen-bond acceptors (Lipinski definition) is 2. The molecule has 1 heterocycles. The molecule has 0 bridgehead atoms. The van der Waals surface area contributed by atoms with Gasteiger partial charge in [-0.05, 0) is 57.0 Å². The van der Waals surface area contributed by atoms with Crippen molar-refractivity contribution in [2.45, 2.75) is 77.7 Å². The van der Waals surface area contributed by atoms with Gasteiger partial charge in [-0.15, -0.1) is 0 Å². The summed E-state index contributed by atoms with van der Waals surface area (Å²) in [4.78, 5) is 2.69. The van der Waals surface area contributed by atoms with Crippen molar-refractivity contribution < 1.29 is 0 Å². The normalized spacial score (nSPS) is 24.2. The lowest BCUT2D eigenvalue weighted by Gasteiger charge is -2.44. The zero-order valence-electron chi connectivity index (χ0n) is 13.2. The first kappa shape index (κ1) is 15.3. The quantitative estimate of drug-likeness (QED) is 0.786. The van der Waals surface area contributed by atoms with Crippen LogP contribution in [-0.4, -0.2) is 37.1 Å². The third kappa shape index (κ3) is 4.46. The molecule has 0 amide bonds. The summed E-state index contributed by atoms with van der Waals surface area (Å²) in [7, 11) is 0. The van der Waals surface area contributed by atoms with Gasteiger partial charge < -0.3 is 10.2 Å². The van der Waals surface area contributed by atoms with Crippen molar-refractivity contribution in [3.8, 4) is 0 Å². The molecule has 1 spiro atoms. The molecular formula is C17H34N2. The van der Waals surface area contributed by atoms with Gasteiger partial charge in [-0.1, -0.05) is 33.1 Å². The molecule has 2 nitrogen and oxygen atoms in total. The predicted octanol–water partition coefficient (Wildman–Crippen LogP) is 3.81. The molecule has 1 saturated heterocycles. The summed E-state index contributed by atoms with van der Waals surface area (Å²) >= 11 is 0. The van der Waals surface area contributed by atoms with Crippen molar-refractivity contribution in [2.75, 3.05) is 26.2 Å². The molecule has 0 aromatic carbocycles. The molecule has 1 aliphatic carbocycles. The number of likely N-dealkylation sites (tertiary alicyclic amines) is 1. The van der Waals surface area contributed by atoms with Crippen LogP contribution in [0.2, 0.25) is 0 Å². The van der Waals surface area contributed by atoms with Crippen LogP contribution in [0.4, 0.5) is 0 Å². The number of nitrogens with zero attached hydrogens (tertiary/aromatic N) is 1. The number of nitrogens with one attached hydrogen (secondary N) is 1. The van der Waals surface area contributed by atoms with Gasteiger partial charge in [0, 0.05) is 19.1 Å². The van der Waals surface area contributed by atoms with E-state index in [1.807, 2.05) is 0 Å². The minimum Gasteiger partial charge on any atom is -0.313 e. The van der Waals surface area contributed by atoms with Crippen molar-refractivity contribution in [1.29, 1.82) is 0 Å². The molecular weight excluding hydrogens is 232 g/mol. The van der Waals surface area contributed by atoms with Crippen LogP contribution in [0.15, 0.2) is 0 Å². The Hall–Kier alpha value is -0.0800. The summed E-state index contributed by atoms with van der Waals surface area (Å²) in [6.45, 7) is 9.71. The van der Waals surface area contributed by atoms with Crippen LogP contribution in [0.1, 0.15) is 71.6 Å². The highest BCUT2D eigenvalue weighted by atomic mass is 15.1. The van der Waals surface area contributed by atoms with E-state index in [0.717, 1.165) is 11.5 Å². The average Bonchev–Trinajstić information content (AvgIpc) is 2.47. The van der Waals surface area contributed by atoms with Crippen molar-refractivity contribution >= 4 is 0 Å². The van der Waals surface area contributed by atoms with E-state index in [9.17, 15) is 0 Å². The second-order valence-electron chi connectivity index (χ2n) is 6.87. The maximum Gasteiger partial charge on any atom is 0.0107 e. The molecule has 112 valence electrons. The van der Waals surface area contributed by atoms with E-state index < -0.39 is 0 Å². The molecule has 1 N–H and O–H groups in total. The number of rotatable bonds is 6. The van der Waals surface area contributed by atoms with Crippen LogP contribution in [0.5, 0.6) is 0 Å². The Kier molecular flexibility index (Phi) is 6.15. The Bertz CT molecular complexity index is 232. The summed E-state index contributed by atoms with van der Waals surface area (Å²) in [6, 6.07) is 0.731. The second-order valence-corrected chi connectivity index (χ2v) is 6.87. The first-order valence-corrected chi connectivity index (χ1v) is 8.74. The standard InChI is InChI=1S/C17H34N2/c1-3-16(4-2)18-12-15-19-13-10-17(11-14-19)8-6-5-7-9-17/h16,18H,3-15H2,1-2H3. The summed E-state index contributed by atoms with van der Waals surface area (Å²) in [5.74, 6) is 0. The summed E-state index contributed by atoms with van der Waals surface area (Å²) in [5, 5.41) is 3.70. The van der Waals surface area contributed by atoms with Crippen molar-refractivity contribution in [3.05, 3.63) is 0 Å². The van der Waals surface area contributed by atoms with E-state index in [2.05, 4.69) is 24.1 Å². The predicted molar refractivity (Wildman–Crippen MR) is 83.6 cm³/mol. The van der Waals surface area contributed by atoms with Crippen molar-refractivity contribution in [3.63, 3.8) is 0 Å². The van der Waals surface area contributed by atoms with Crippen molar-refractivity contribution in [1.82, 2.24) is 10.2 Å². The molecule has 0 aromatic heterocycles. The van der Waals surface area contributed by atoms with Gasteiger partial charge in [0.1, 0.15) is 0 Å². The summed E-state index contributed by atoms with van der Waals surface area (Å²) in [6.07, 6.45) is 13.0. The van der Waals surface area contributed by atoms with Crippen LogP contribution < -0.4 is 5.32 Å². The van der Waals surface area contributed by atoms with Crippen molar-refractivity contribution in [2.24, 2.45) is 5.41 Å². The highest BCUT2D eigenvalue weighted by Gasteiger charge is 2.35. The Morgan fingerprint density at radius 3 is 2.16 bits per heavy atom. The van der Waals surface area contributed by atoms with Gasteiger partial charge in [0.15, 0.2) is 0 Å². The van der Waals surface area contributed by atoms with Gasteiger partial charge in [-0.2, -0.15) is 0 Å². The van der Waals surface area contributed by atoms with Crippen LogP contribution in [0, 0.1) is 5.41 Å². The smallest absolute Gasteiger partial charge is 0.0107 e. The summed E-state index contributed by atoms with van der Waals surface area (Å²) in [5.41, 5.74) is 0.761. The van der Waals surface area contributed by atoms with Crippen LogP contribution in [-0.2, 0) is 0 Å². The molecule has 2 aliphatic rings. The number of piperidine rings is 1. The highest BCUT2D eigenvalue weighted by Crippen LogP contribution is 2.44. The Labute approximate surface area is 120 Å². The fraction of sp³-hybridized carbons (Fsp3) is 1.00. The lowest BCUT2D eigenvalue weighted by molar-refractivity contribution is 0.0679. The Morgan fingerprint density at radius 1 is 0.947 bits per heavy atom. The third-order valence-corrected chi connectivity index (χ3v) is 5.68. The summed E-state index contributed by atoms with van der Waals surface area (Å²) < 4.78 is 0. The molecule has 0 aromatic rings. The molecule has 0 unspecified atom stereocenters. The van der Waals surface area contributed by atoms with E-state index >= 15 is 0 Å². The van der Waals surface area contributed by atoms with Gasteiger partial charge in [0.25, 0.3) is 0 Å². The number of hydrogen-bond donors (Lipinski definition) is 1. The molecule has 0 radical (unpaired) electrons. The van der Waals surface area contributed by atoms with Gasteiger partial charge in [-0.25, -0.2) is 0 Å². The van der Waals surface area contributed by atoms with Crippen LogP contribution in [0.25, 0.3) is 0 Å². The third-order valence-electron chi connectivity index (χ3n) is 5.68. The topological polar surface area (TPSA) is 15.3 Å². The van der Waals surface area contributed by atoms with Gasteiger partial charge in [-0.3, -0.25) is 0 Å². The first-order chi connectivity index (χ1) is 9.28. The minimum atomic E-state index is 0.731. The van der Waals surface area contributed by atoms with E-state index in [1.54, 1.807) is 0 Å². The maximum atomic E-state index is 3.70. The lowest BCUT2D eigenvalue weighted by Crippen LogP contribution is -2.44. The fourth-order valence-corrected chi connectivity index (χ4v) is 4.06. The van der Waals surface area contributed by atoms with E-state index in [4.69, 9.17) is 0 Å². The molecule has 2 rings (SSSR count).